The van der Waals surface area contributed by atoms with Gasteiger partial charge in [0.25, 0.3) is 0 Å². The molecule has 0 aliphatic rings. The van der Waals surface area contributed by atoms with Crippen LogP contribution >= 0.6 is 34.8 Å². The third kappa shape index (κ3) is 3.90. The van der Waals surface area contributed by atoms with E-state index in [-0.39, 0.29) is 6.42 Å². The molecule has 1 atom stereocenters. The summed E-state index contributed by atoms with van der Waals surface area (Å²) in [4.78, 5) is 10.4. The summed E-state index contributed by atoms with van der Waals surface area (Å²) in [6.07, 6.45) is 0.366. The molecule has 1 aromatic carbocycles. The van der Waals surface area contributed by atoms with Crippen LogP contribution in [0.4, 0.5) is 0 Å². The summed E-state index contributed by atoms with van der Waals surface area (Å²) in [6, 6.07) is 4.98. The summed E-state index contributed by atoms with van der Waals surface area (Å²) < 4.78 is 0. The topological polar surface area (TPSA) is 37.3 Å². The maximum atomic E-state index is 10.4. The normalized spacial score (nSPS) is 12.5. The van der Waals surface area contributed by atoms with E-state index >= 15 is 0 Å². The molecule has 0 spiro atoms. The Hall–Kier alpha value is -0.440. The summed E-state index contributed by atoms with van der Waals surface area (Å²) in [7, 11) is 0. The summed E-state index contributed by atoms with van der Waals surface area (Å²) in [6.45, 7) is 0. The molecule has 1 unspecified atom stereocenters. The number of carboxylic acid groups (broad SMARTS) is 1. The molecule has 15 heavy (non-hydrogen) atoms. The number of rotatable bonds is 4. The first-order chi connectivity index (χ1) is 7.00. The Bertz CT molecular complexity index is 366. The van der Waals surface area contributed by atoms with Crippen molar-refractivity contribution >= 4 is 40.8 Å². The molecule has 0 fully saturated rings. The zero-order chi connectivity index (χ0) is 11.4. The molecule has 1 N–H and O–H groups in total. The molecule has 0 amide bonds. The van der Waals surface area contributed by atoms with Crippen molar-refractivity contribution in [2.75, 3.05) is 0 Å². The molecule has 5 heteroatoms. The van der Waals surface area contributed by atoms with Crippen LogP contribution in [0, 0.1) is 0 Å². The highest BCUT2D eigenvalue weighted by molar-refractivity contribution is 6.35. The van der Waals surface area contributed by atoms with Crippen molar-refractivity contribution in [1.82, 2.24) is 0 Å². The third-order valence-electron chi connectivity index (χ3n) is 1.91. The maximum absolute atomic E-state index is 10.4. The van der Waals surface area contributed by atoms with E-state index in [0.29, 0.717) is 22.0 Å². The average Bonchev–Trinajstić information content (AvgIpc) is 2.14. The van der Waals surface area contributed by atoms with Gasteiger partial charge in [-0.2, -0.15) is 0 Å². The van der Waals surface area contributed by atoms with Crippen molar-refractivity contribution in [3.63, 3.8) is 0 Å². The lowest BCUT2D eigenvalue weighted by Crippen LogP contribution is -1.99. The number of carbonyl (C=O) groups is 1. The zero-order valence-corrected chi connectivity index (χ0v) is 9.98. The molecule has 0 heterocycles. The second kappa shape index (κ2) is 5.59. The Morgan fingerprint density at radius 1 is 1.40 bits per heavy atom. The molecule has 0 bridgehead atoms. The second-order valence-corrected chi connectivity index (χ2v) is 4.44. The monoisotopic (exact) mass is 266 g/mol. The Labute approximate surface area is 103 Å². The van der Waals surface area contributed by atoms with E-state index in [1.807, 2.05) is 0 Å². The van der Waals surface area contributed by atoms with E-state index in [1.165, 1.54) is 0 Å². The molecule has 0 saturated heterocycles. The van der Waals surface area contributed by atoms with Gasteiger partial charge in [-0.25, -0.2) is 0 Å². The van der Waals surface area contributed by atoms with Crippen LogP contribution in [0.5, 0.6) is 0 Å². The first kappa shape index (κ1) is 12.6. The lowest BCUT2D eigenvalue weighted by molar-refractivity contribution is -0.137. The molecule has 0 aliphatic heterocycles. The van der Waals surface area contributed by atoms with Crippen molar-refractivity contribution in [2.24, 2.45) is 0 Å². The Kier molecular flexibility index (Phi) is 4.71. The van der Waals surface area contributed by atoms with Crippen molar-refractivity contribution in [2.45, 2.75) is 18.2 Å². The number of alkyl halides is 1. The van der Waals surface area contributed by atoms with Gasteiger partial charge in [0.15, 0.2) is 0 Å². The summed E-state index contributed by atoms with van der Waals surface area (Å²) in [5.41, 5.74) is 0.712. The third-order valence-corrected chi connectivity index (χ3v) is 2.93. The van der Waals surface area contributed by atoms with Gasteiger partial charge in [-0.1, -0.05) is 29.3 Å². The lowest BCUT2D eigenvalue weighted by Gasteiger charge is -2.10. The van der Waals surface area contributed by atoms with Crippen molar-refractivity contribution in [3.05, 3.63) is 33.8 Å². The van der Waals surface area contributed by atoms with Gasteiger partial charge in [0.2, 0.25) is 0 Å². The van der Waals surface area contributed by atoms with E-state index < -0.39 is 11.3 Å². The first-order valence-electron chi connectivity index (χ1n) is 4.31. The number of hydrogen-bond donors (Lipinski definition) is 1. The maximum Gasteiger partial charge on any atom is 0.303 e. The fraction of sp³-hybridized carbons (Fsp3) is 0.300. The van der Waals surface area contributed by atoms with Gasteiger partial charge in [0, 0.05) is 16.5 Å². The number of hydrogen-bond acceptors (Lipinski definition) is 1. The molecule has 1 aromatic rings. The van der Waals surface area contributed by atoms with Crippen LogP contribution in [-0.2, 0) is 4.79 Å². The van der Waals surface area contributed by atoms with E-state index in [1.54, 1.807) is 18.2 Å². The molecule has 2 nitrogen and oxygen atoms in total. The van der Waals surface area contributed by atoms with E-state index in [0.717, 1.165) is 0 Å². The molecule has 0 aromatic heterocycles. The van der Waals surface area contributed by atoms with Crippen molar-refractivity contribution < 1.29 is 9.90 Å². The van der Waals surface area contributed by atoms with Gasteiger partial charge >= 0.3 is 5.97 Å². The number of halogens is 3. The van der Waals surface area contributed by atoms with Crippen molar-refractivity contribution in [1.29, 1.82) is 0 Å². The highest BCUT2D eigenvalue weighted by atomic mass is 35.5. The Morgan fingerprint density at radius 3 is 2.60 bits per heavy atom. The summed E-state index contributed by atoms with van der Waals surface area (Å²) >= 11 is 17.7. The fourth-order valence-electron chi connectivity index (χ4n) is 1.16. The Balaban J connectivity index is 2.73. The van der Waals surface area contributed by atoms with Gasteiger partial charge in [-0.15, -0.1) is 11.6 Å². The summed E-state index contributed by atoms with van der Waals surface area (Å²) in [5.74, 6) is -0.870. The standard InChI is InChI=1S/C10H9Cl3O2/c11-6-1-2-7(9(13)5-6)8(12)3-4-10(14)15/h1-2,5,8H,3-4H2,(H,14,15). The molecular weight excluding hydrogens is 258 g/mol. The summed E-state index contributed by atoms with van der Waals surface area (Å²) in [5, 5.41) is 9.11. The predicted molar refractivity (Wildman–Crippen MR) is 61.9 cm³/mol. The highest BCUT2D eigenvalue weighted by Gasteiger charge is 2.13. The zero-order valence-electron chi connectivity index (χ0n) is 7.71. The highest BCUT2D eigenvalue weighted by Crippen LogP contribution is 2.32. The number of benzene rings is 1. The Morgan fingerprint density at radius 2 is 2.07 bits per heavy atom. The van der Waals surface area contributed by atoms with Crippen LogP contribution in [-0.4, -0.2) is 11.1 Å². The molecular formula is C10H9Cl3O2. The van der Waals surface area contributed by atoms with Crippen LogP contribution in [0.3, 0.4) is 0 Å². The van der Waals surface area contributed by atoms with E-state index in [9.17, 15) is 4.79 Å². The van der Waals surface area contributed by atoms with Crippen LogP contribution in [0.25, 0.3) is 0 Å². The average molecular weight is 268 g/mol. The molecule has 0 aliphatic carbocycles. The van der Waals surface area contributed by atoms with Gasteiger partial charge in [0.05, 0.1) is 5.38 Å². The van der Waals surface area contributed by atoms with Crippen LogP contribution in [0.15, 0.2) is 18.2 Å². The van der Waals surface area contributed by atoms with Gasteiger partial charge in [0.1, 0.15) is 0 Å². The van der Waals surface area contributed by atoms with Crippen LogP contribution in [0.2, 0.25) is 10.0 Å². The fourth-order valence-corrected chi connectivity index (χ4v) is 2.06. The molecule has 0 radical (unpaired) electrons. The number of carboxylic acids is 1. The predicted octanol–water partition coefficient (Wildman–Crippen LogP) is 4.14. The molecule has 82 valence electrons. The minimum Gasteiger partial charge on any atom is -0.481 e. The van der Waals surface area contributed by atoms with Crippen molar-refractivity contribution in [3.8, 4) is 0 Å². The quantitative estimate of drug-likeness (QED) is 0.833. The second-order valence-electron chi connectivity index (χ2n) is 3.07. The van der Waals surface area contributed by atoms with E-state index in [4.69, 9.17) is 39.9 Å². The van der Waals surface area contributed by atoms with E-state index in [2.05, 4.69) is 0 Å². The number of aliphatic carboxylic acids is 1. The van der Waals surface area contributed by atoms with Gasteiger partial charge < -0.3 is 5.11 Å². The molecule has 1 rings (SSSR count). The SMILES string of the molecule is O=C(O)CCC(Cl)c1ccc(Cl)cc1Cl. The van der Waals surface area contributed by atoms with Crippen LogP contribution in [0.1, 0.15) is 23.8 Å². The first-order valence-corrected chi connectivity index (χ1v) is 5.50. The smallest absolute Gasteiger partial charge is 0.303 e. The van der Waals surface area contributed by atoms with Gasteiger partial charge in [-0.05, 0) is 24.1 Å². The minimum absolute atomic E-state index is 0.0210. The largest absolute Gasteiger partial charge is 0.481 e. The van der Waals surface area contributed by atoms with Crippen LogP contribution < -0.4 is 0 Å². The minimum atomic E-state index is -0.870. The molecule has 0 saturated carbocycles. The lowest BCUT2D eigenvalue weighted by atomic mass is 10.1. The van der Waals surface area contributed by atoms with Gasteiger partial charge in [-0.3, -0.25) is 4.79 Å².